The Bertz CT molecular complexity index is 1150. The minimum atomic E-state index is -1.64. The number of hydrogen-bond donors (Lipinski definition) is 1. The van der Waals surface area contributed by atoms with Crippen LogP contribution in [0.2, 0.25) is 0 Å². The Hall–Kier alpha value is -4.03. The van der Waals surface area contributed by atoms with Crippen molar-refractivity contribution in [3.63, 3.8) is 0 Å². The summed E-state index contributed by atoms with van der Waals surface area (Å²) < 4.78 is 21.7. The second-order valence-corrected chi connectivity index (χ2v) is 6.98. The van der Waals surface area contributed by atoms with Crippen LogP contribution in [0.25, 0.3) is 0 Å². The van der Waals surface area contributed by atoms with Gasteiger partial charge in [-0.15, -0.1) is 5.10 Å². The summed E-state index contributed by atoms with van der Waals surface area (Å²) in [4.78, 5) is 23.6. The maximum Gasteiger partial charge on any atom is 0.360 e. The van der Waals surface area contributed by atoms with Gasteiger partial charge in [-0.1, -0.05) is 17.3 Å². The van der Waals surface area contributed by atoms with Gasteiger partial charge in [0.1, 0.15) is 23.3 Å². The fraction of sp³-hybridized carbons (Fsp3) is 0.318. The van der Waals surface area contributed by atoms with Gasteiger partial charge in [0.2, 0.25) is 0 Å². The Morgan fingerprint density at radius 3 is 2.50 bits per heavy atom. The molecule has 0 fully saturated rings. The molecular weight excluding hydrogens is 448 g/mol. The number of carbonyl (C=O) groups excluding carboxylic acids is 1. The molecule has 34 heavy (non-hydrogen) atoms. The summed E-state index contributed by atoms with van der Waals surface area (Å²) in [6, 6.07) is 10.9. The number of rotatable bonds is 11. The molecule has 0 aliphatic heterocycles. The zero-order chi connectivity index (χ0) is 24.7. The van der Waals surface area contributed by atoms with E-state index in [-0.39, 0.29) is 48.3 Å². The number of methoxy groups -OCH3 is 2. The Labute approximate surface area is 194 Å². The number of aliphatic hydroxyl groups is 1. The van der Waals surface area contributed by atoms with Crippen LogP contribution in [0.1, 0.15) is 40.3 Å². The summed E-state index contributed by atoms with van der Waals surface area (Å²) in [6.07, 6.45) is -1.64. The summed E-state index contributed by atoms with van der Waals surface area (Å²) in [7, 11) is 2.97. The maximum absolute atomic E-state index is 12.5. The summed E-state index contributed by atoms with van der Waals surface area (Å²) in [6.45, 7) is 1.71. The molecule has 0 amide bonds. The molecule has 0 radical (unpaired) electrons. The van der Waals surface area contributed by atoms with Gasteiger partial charge in [-0.05, 0) is 36.8 Å². The van der Waals surface area contributed by atoms with Crippen molar-refractivity contribution in [1.29, 1.82) is 0 Å². The molecule has 0 aliphatic carbocycles. The fourth-order valence-electron chi connectivity index (χ4n) is 3.24. The largest absolute Gasteiger partial charge is 0.497 e. The molecular formula is C22H24N4O8. The van der Waals surface area contributed by atoms with E-state index in [1.807, 2.05) is 0 Å². The van der Waals surface area contributed by atoms with Gasteiger partial charge in [-0.25, -0.2) is 9.48 Å². The lowest BCUT2D eigenvalue weighted by molar-refractivity contribution is -0.386. The zero-order valence-corrected chi connectivity index (χ0v) is 18.8. The van der Waals surface area contributed by atoms with E-state index in [4.69, 9.17) is 18.9 Å². The molecule has 180 valence electrons. The Morgan fingerprint density at radius 2 is 1.88 bits per heavy atom. The first kappa shape index (κ1) is 24.6. The highest BCUT2D eigenvalue weighted by molar-refractivity contribution is 5.88. The van der Waals surface area contributed by atoms with Crippen molar-refractivity contribution in [3.8, 4) is 11.5 Å². The van der Waals surface area contributed by atoms with Crippen LogP contribution >= 0.6 is 0 Å². The third-order valence-electron chi connectivity index (χ3n) is 4.83. The highest BCUT2D eigenvalue weighted by Crippen LogP contribution is 2.34. The van der Waals surface area contributed by atoms with Gasteiger partial charge in [0, 0.05) is 13.2 Å². The molecule has 1 unspecified atom stereocenters. The Morgan fingerprint density at radius 1 is 1.18 bits per heavy atom. The third-order valence-corrected chi connectivity index (χ3v) is 4.83. The van der Waals surface area contributed by atoms with E-state index < -0.39 is 17.0 Å². The standard InChI is InChI=1S/C22H24N4O8/c1-4-33-22(28)19-20(25(24-23-19)12-14-5-7-15(32-3)8-6-14)21(27)17-11-16(34-13-31-2)9-10-18(17)26(29)30/h5-11,21,27H,4,12-13H2,1-3H3. The SMILES string of the molecule is CCOC(=O)c1nnn(Cc2ccc(OC)cc2)c1C(O)c1cc(OCOC)ccc1[N+](=O)[O-]. The van der Waals surface area contributed by atoms with Gasteiger partial charge >= 0.3 is 5.97 Å². The average molecular weight is 472 g/mol. The molecule has 1 atom stereocenters. The minimum Gasteiger partial charge on any atom is -0.497 e. The molecule has 0 saturated carbocycles. The number of aromatic nitrogens is 3. The first-order valence-corrected chi connectivity index (χ1v) is 10.2. The summed E-state index contributed by atoms with van der Waals surface area (Å²) in [5.41, 5.74) is -0.0189. The second kappa shape index (κ2) is 11.2. The van der Waals surface area contributed by atoms with Gasteiger partial charge in [-0.2, -0.15) is 0 Å². The summed E-state index contributed by atoms with van der Waals surface area (Å²) >= 11 is 0. The van der Waals surface area contributed by atoms with Crippen LogP contribution < -0.4 is 9.47 Å². The van der Waals surface area contributed by atoms with Crippen molar-refractivity contribution in [2.75, 3.05) is 27.6 Å². The van der Waals surface area contributed by atoms with Crippen molar-refractivity contribution in [1.82, 2.24) is 15.0 Å². The number of esters is 1. The van der Waals surface area contributed by atoms with Crippen molar-refractivity contribution in [3.05, 3.63) is 75.1 Å². The first-order valence-electron chi connectivity index (χ1n) is 10.2. The van der Waals surface area contributed by atoms with Crippen LogP contribution in [0.3, 0.4) is 0 Å². The number of benzene rings is 2. The lowest BCUT2D eigenvalue weighted by Gasteiger charge is -2.16. The molecule has 0 spiro atoms. The average Bonchev–Trinajstić information content (AvgIpc) is 3.26. The van der Waals surface area contributed by atoms with E-state index in [0.29, 0.717) is 5.75 Å². The van der Waals surface area contributed by atoms with Crippen LogP contribution in [0, 0.1) is 10.1 Å². The molecule has 2 aromatic carbocycles. The predicted octanol–water partition coefficient (Wildman–Crippen LogP) is 2.48. The summed E-state index contributed by atoms with van der Waals surface area (Å²) in [5.74, 6) is 0.0682. The van der Waals surface area contributed by atoms with Gasteiger partial charge in [-0.3, -0.25) is 10.1 Å². The van der Waals surface area contributed by atoms with Crippen molar-refractivity contribution < 1.29 is 33.8 Å². The molecule has 3 aromatic rings. The van der Waals surface area contributed by atoms with Crippen molar-refractivity contribution in [2.24, 2.45) is 0 Å². The molecule has 12 heteroatoms. The van der Waals surface area contributed by atoms with E-state index in [9.17, 15) is 20.0 Å². The maximum atomic E-state index is 12.5. The highest BCUT2D eigenvalue weighted by atomic mass is 16.7. The van der Waals surface area contributed by atoms with Crippen LogP contribution in [-0.4, -0.2) is 58.6 Å². The van der Waals surface area contributed by atoms with Crippen LogP contribution in [0.5, 0.6) is 11.5 Å². The summed E-state index contributed by atoms with van der Waals surface area (Å²) in [5, 5.41) is 30.8. The number of ether oxygens (including phenoxy) is 4. The van der Waals surface area contributed by atoms with Gasteiger partial charge in [0.15, 0.2) is 12.5 Å². The fourth-order valence-corrected chi connectivity index (χ4v) is 3.24. The Balaban J connectivity index is 2.09. The molecule has 0 aliphatic rings. The smallest absolute Gasteiger partial charge is 0.360 e. The molecule has 3 rings (SSSR count). The van der Waals surface area contributed by atoms with Gasteiger partial charge < -0.3 is 24.1 Å². The number of carbonyl (C=O) groups is 1. The van der Waals surface area contributed by atoms with E-state index >= 15 is 0 Å². The minimum absolute atomic E-state index is 0.0544. The number of nitrogens with zero attached hydrogens (tertiary/aromatic N) is 4. The second-order valence-electron chi connectivity index (χ2n) is 6.98. The van der Waals surface area contributed by atoms with Gasteiger partial charge in [0.05, 0.1) is 30.7 Å². The number of aliphatic hydroxyl groups excluding tert-OH is 1. The lowest BCUT2D eigenvalue weighted by atomic mass is 10.0. The lowest BCUT2D eigenvalue weighted by Crippen LogP contribution is -2.17. The van der Waals surface area contributed by atoms with Crippen molar-refractivity contribution >= 4 is 11.7 Å². The molecule has 0 saturated heterocycles. The first-order chi connectivity index (χ1) is 16.4. The molecule has 0 bridgehead atoms. The number of nitro benzene ring substituents is 1. The predicted molar refractivity (Wildman–Crippen MR) is 118 cm³/mol. The zero-order valence-electron chi connectivity index (χ0n) is 18.8. The quantitative estimate of drug-likeness (QED) is 0.191. The molecule has 1 heterocycles. The highest BCUT2D eigenvalue weighted by Gasteiger charge is 2.32. The van der Waals surface area contributed by atoms with Crippen LogP contribution in [0.15, 0.2) is 42.5 Å². The Kier molecular flexibility index (Phi) is 8.11. The van der Waals surface area contributed by atoms with Crippen LogP contribution in [0.4, 0.5) is 5.69 Å². The molecule has 1 N–H and O–H groups in total. The number of hydrogen-bond acceptors (Lipinski definition) is 10. The van der Waals surface area contributed by atoms with Crippen LogP contribution in [-0.2, 0) is 16.0 Å². The monoisotopic (exact) mass is 472 g/mol. The molecule has 12 nitrogen and oxygen atoms in total. The van der Waals surface area contributed by atoms with E-state index in [1.165, 1.54) is 30.0 Å². The van der Waals surface area contributed by atoms with Gasteiger partial charge in [0.25, 0.3) is 5.69 Å². The van der Waals surface area contributed by atoms with Crippen molar-refractivity contribution in [2.45, 2.75) is 19.6 Å². The normalized spacial score (nSPS) is 11.6. The van der Waals surface area contributed by atoms with E-state index in [2.05, 4.69) is 10.3 Å². The van der Waals surface area contributed by atoms with E-state index in [0.717, 1.165) is 5.56 Å². The van der Waals surface area contributed by atoms with E-state index in [1.54, 1.807) is 38.3 Å². The number of nitro groups is 1. The topological polar surface area (TPSA) is 148 Å². The third kappa shape index (κ3) is 5.47. The molecule has 1 aromatic heterocycles.